The molecule has 2 aliphatic heterocycles. The quantitative estimate of drug-likeness (QED) is 0.266. The zero-order valence-corrected chi connectivity index (χ0v) is 19.1. The Morgan fingerprint density at radius 1 is 1.09 bits per heavy atom. The second-order valence-corrected chi connectivity index (χ2v) is 8.72. The van der Waals surface area contributed by atoms with Crippen LogP contribution in [0.3, 0.4) is 0 Å². The molecule has 0 radical (unpaired) electrons. The summed E-state index contributed by atoms with van der Waals surface area (Å²) in [5.41, 5.74) is 0.667. The molecule has 0 aromatic heterocycles. The molecule has 11 heteroatoms. The van der Waals surface area contributed by atoms with Crippen LogP contribution in [0, 0.1) is 0 Å². The van der Waals surface area contributed by atoms with Crippen LogP contribution < -0.4 is 16.0 Å². The maximum Gasteiger partial charge on any atom is 0.327 e. The van der Waals surface area contributed by atoms with Crippen molar-refractivity contribution in [1.29, 1.82) is 0 Å². The van der Waals surface area contributed by atoms with Gasteiger partial charge in [-0.2, -0.15) is 12.6 Å². The molecule has 4 unspecified atom stereocenters. The van der Waals surface area contributed by atoms with Crippen LogP contribution in [0.2, 0.25) is 0 Å². The van der Waals surface area contributed by atoms with Crippen LogP contribution in [0.5, 0.6) is 5.75 Å². The van der Waals surface area contributed by atoms with E-state index in [4.69, 9.17) is 0 Å². The van der Waals surface area contributed by atoms with E-state index in [0.29, 0.717) is 24.9 Å². The third-order valence-electron chi connectivity index (χ3n) is 6.00. The second-order valence-electron chi connectivity index (χ2n) is 8.35. The fourth-order valence-corrected chi connectivity index (χ4v) is 4.45. The largest absolute Gasteiger partial charge is 0.508 e. The van der Waals surface area contributed by atoms with Gasteiger partial charge in [0.1, 0.15) is 23.9 Å². The van der Waals surface area contributed by atoms with Crippen LogP contribution in [-0.4, -0.2) is 81.8 Å². The Bertz CT molecular complexity index is 874. The van der Waals surface area contributed by atoms with E-state index in [1.54, 1.807) is 17.0 Å². The van der Waals surface area contributed by atoms with Crippen molar-refractivity contribution < 1.29 is 29.4 Å². The Kier molecular flexibility index (Phi) is 8.56. The van der Waals surface area contributed by atoms with E-state index >= 15 is 0 Å². The lowest BCUT2D eigenvalue weighted by molar-refractivity contribution is -0.142. The SMILES string of the molecule is O=C(O)C(CS)NC(=O)C(Cc1ccc(O)cc1)NC(=O)C1CCCN1C(=O)C1CCCN1. The van der Waals surface area contributed by atoms with Gasteiger partial charge in [-0.15, -0.1) is 0 Å². The standard InChI is InChI=1S/C22H30N4O6S/c27-14-7-5-13(6-8-14)11-16(19(28)25-17(12-33)22(31)32)24-20(29)18-4-2-10-26(18)21(30)15-3-1-9-23-15/h5-8,15-18,23,27,33H,1-4,9-12H2,(H,24,29)(H,25,28)(H,31,32). The fraction of sp³-hybridized carbons (Fsp3) is 0.545. The van der Waals surface area contributed by atoms with Crippen molar-refractivity contribution >= 4 is 36.3 Å². The molecular weight excluding hydrogens is 448 g/mol. The maximum atomic E-state index is 13.1. The number of nitrogens with zero attached hydrogens (tertiary/aromatic N) is 1. The van der Waals surface area contributed by atoms with Gasteiger partial charge in [-0.25, -0.2) is 4.79 Å². The van der Waals surface area contributed by atoms with E-state index in [-0.39, 0.29) is 29.9 Å². The average molecular weight is 479 g/mol. The van der Waals surface area contributed by atoms with Crippen molar-refractivity contribution in [3.63, 3.8) is 0 Å². The molecule has 1 aromatic rings. The van der Waals surface area contributed by atoms with Gasteiger partial charge in [0.25, 0.3) is 0 Å². The van der Waals surface area contributed by atoms with Gasteiger partial charge >= 0.3 is 5.97 Å². The minimum atomic E-state index is -1.23. The zero-order chi connectivity index (χ0) is 24.0. The molecule has 2 fully saturated rings. The Morgan fingerprint density at radius 3 is 2.42 bits per heavy atom. The van der Waals surface area contributed by atoms with Crippen molar-refractivity contribution in [1.82, 2.24) is 20.9 Å². The average Bonchev–Trinajstić information content (AvgIpc) is 3.50. The lowest BCUT2D eigenvalue weighted by atomic mass is 10.0. The molecule has 180 valence electrons. The molecule has 5 N–H and O–H groups in total. The van der Waals surface area contributed by atoms with Crippen molar-refractivity contribution in [2.45, 2.75) is 56.3 Å². The normalized spacial score (nSPS) is 21.9. The molecule has 33 heavy (non-hydrogen) atoms. The van der Waals surface area contributed by atoms with E-state index in [2.05, 4.69) is 28.6 Å². The number of likely N-dealkylation sites (tertiary alicyclic amines) is 1. The van der Waals surface area contributed by atoms with E-state index in [0.717, 1.165) is 19.4 Å². The van der Waals surface area contributed by atoms with Crippen LogP contribution in [0.15, 0.2) is 24.3 Å². The maximum absolute atomic E-state index is 13.1. The Labute approximate surface area is 197 Å². The van der Waals surface area contributed by atoms with E-state index in [9.17, 15) is 29.4 Å². The topological polar surface area (TPSA) is 148 Å². The van der Waals surface area contributed by atoms with Crippen molar-refractivity contribution in [3.05, 3.63) is 29.8 Å². The first-order valence-electron chi connectivity index (χ1n) is 11.1. The van der Waals surface area contributed by atoms with Gasteiger partial charge in [0.2, 0.25) is 17.7 Å². The van der Waals surface area contributed by atoms with Crippen molar-refractivity contribution in [2.24, 2.45) is 0 Å². The molecule has 0 spiro atoms. The van der Waals surface area contributed by atoms with Crippen LogP contribution in [0.1, 0.15) is 31.2 Å². The molecule has 3 rings (SSSR count). The van der Waals surface area contributed by atoms with Crippen molar-refractivity contribution in [2.75, 3.05) is 18.8 Å². The third kappa shape index (κ3) is 6.38. The number of nitrogens with one attached hydrogen (secondary N) is 3. The number of carbonyl (C=O) groups is 4. The van der Waals surface area contributed by atoms with Gasteiger partial charge in [0.05, 0.1) is 6.04 Å². The highest BCUT2D eigenvalue weighted by atomic mass is 32.1. The fourth-order valence-electron chi connectivity index (χ4n) is 4.20. The highest BCUT2D eigenvalue weighted by molar-refractivity contribution is 7.80. The summed E-state index contributed by atoms with van der Waals surface area (Å²) >= 11 is 3.97. The minimum Gasteiger partial charge on any atom is -0.508 e. The van der Waals surface area contributed by atoms with Gasteiger partial charge in [-0.1, -0.05) is 12.1 Å². The number of hydrogen-bond donors (Lipinski definition) is 6. The number of carbonyl (C=O) groups excluding carboxylic acids is 3. The van der Waals surface area contributed by atoms with Crippen LogP contribution in [0.25, 0.3) is 0 Å². The van der Waals surface area contributed by atoms with E-state index in [1.165, 1.54) is 12.1 Å². The Morgan fingerprint density at radius 2 is 1.82 bits per heavy atom. The number of carboxylic acids is 1. The summed E-state index contributed by atoms with van der Waals surface area (Å²) in [6.45, 7) is 1.25. The number of rotatable bonds is 9. The smallest absolute Gasteiger partial charge is 0.327 e. The molecule has 2 saturated heterocycles. The molecular formula is C22H30N4O6S. The van der Waals surface area contributed by atoms with Crippen LogP contribution in [-0.2, 0) is 25.6 Å². The molecule has 10 nitrogen and oxygen atoms in total. The molecule has 3 amide bonds. The molecule has 2 heterocycles. The van der Waals surface area contributed by atoms with E-state index in [1.807, 2.05) is 0 Å². The molecule has 1 aromatic carbocycles. The molecule has 0 bridgehead atoms. The van der Waals surface area contributed by atoms with Gasteiger partial charge in [0.15, 0.2) is 0 Å². The summed E-state index contributed by atoms with van der Waals surface area (Å²) in [6, 6.07) is 2.91. The monoisotopic (exact) mass is 478 g/mol. The van der Waals surface area contributed by atoms with Gasteiger partial charge in [-0.3, -0.25) is 14.4 Å². The summed E-state index contributed by atoms with van der Waals surface area (Å²) in [6.07, 6.45) is 2.90. The zero-order valence-electron chi connectivity index (χ0n) is 18.2. The summed E-state index contributed by atoms with van der Waals surface area (Å²) in [5.74, 6) is -2.50. The highest BCUT2D eigenvalue weighted by Crippen LogP contribution is 2.21. The minimum absolute atomic E-state index is 0.0606. The summed E-state index contributed by atoms with van der Waals surface area (Å²) in [4.78, 5) is 51.8. The summed E-state index contributed by atoms with van der Waals surface area (Å²) < 4.78 is 0. The number of aromatic hydroxyl groups is 1. The van der Waals surface area contributed by atoms with Crippen molar-refractivity contribution in [3.8, 4) is 5.75 Å². The number of carboxylic acid groups (broad SMARTS) is 1. The van der Waals surface area contributed by atoms with Crippen LogP contribution in [0.4, 0.5) is 0 Å². The second kappa shape index (κ2) is 11.4. The highest BCUT2D eigenvalue weighted by Gasteiger charge is 2.39. The number of amides is 3. The Balaban J connectivity index is 1.73. The number of aliphatic carboxylic acids is 1. The lowest BCUT2D eigenvalue weighted by Gasteiger charge is -2.28. The molecule has 0 aliphatic carbocycles. The number of benzene rings is 1. The van der Waals surface area contributed by atoms with Crippen LogP contribution >= 0.6 is 12.6 Å². The van der Waals surface area contributed by atoms with Gasteiger partial charge < -0.3 is 31.1 Å². The Hall–Kier alpha value is -2.79. The predicted octanol–water partition coefficient (Wildman–Crippen LogP) is -0.338. The number of hydrogen-bond acceptors (Lipinski definition) is 7. The molecule has 2 aliphatic rings. The first kappa shape index (κ1) is 24.8. The first-order chi connectivity index (χ1) is 15.8. The van der Waals surface area contributed by atoms with Gasteiger partial charge in [-0.05, 0) is 49.9 Å². The number of phenolic OH excluding ortho intramolecular Hbond substituents is 1. The first-order valence-corrected chi connectivity index (χ1v) is 11.7. The third-order valence-corrected chi connectivity index (χ3v) is 6.37. The van der Waals surface area contributed by atoms with Gasteiger partial charge in [0, 0.05) is 18.7 Å². The molecule has 0 saturated carbocycles. The summed E-state index contributed by atoms with van der Waals surface area (Å²) in [5, 5.41) is 27.0. The number of phenols is 1. The number of thiol groups is 1. The molecule has 4 atom stereocenters. The predicted molar refractivity (Wildman–Crippen MR) is 123 cm³/mol. The van der Waals surface area contributed by atoms with E-state index < -0.39 is 35.9 Å². The lowest BCUT2D eigenvalue weighted by Crippen LogP contribution is -2.57. The summed E-state index contributed by atoms with van der Waals surface area (Å²) in [7, 11) is 0.